The molecule has 0 bridgehead atoms. The highest BCUT2D eigenvalue weighted by atomic mass is 79.9. The minimum atomic E-state index is -0.356. The Labute approximate surface area is 132 Å². The lowest BCUT2D eigenvalue weighted by atomic mass is 9.88. The maximum atomic E-state index is 11.3. The van der Waals surface area contributed by atoms with Crippen molar-refractivity contribution in [3.63, 3.8) is 0 Å². The van der Waals surface area contributed by atoms with Crippen molar-refractivity contribution in [2.24, 2.45) is 5.41 Å². The molecular formula is C15H20BrNO4. The van der Waals surface area contributed by atoms with Gasteiger partial charge >= 0.3 is 0 Å². The lowest BCUT2D eigenvalue weighted by Crippen LogP contribution is -2.29. The van der Waals surface area contributed by atoms with Crippen molar-refractivity contribution in [2.75, 3.05) is 17.3 Å². The molecule has 0 unspecified atom stereocenters. The van der Waals surface area contributed by atoms with Crippen molar-refractivity contribution in [2.45, 2.75) is 27.2 Å². The summed E-state index contributed by atoms with van der Waals surface area (Å²) in [5.74, 6) is 0.281. The monoisotopic (exact) mass is 357 g/mol. The molecule has 2 N–H and O–H groups in total. The molecule has 1 aromatic carbocycles. The van der Waals surface area contributed by atoms with Crippen LogP contribution in [-0.2, 0) is 9.59 Å². The zero-order chi connectivity index (χ0) is 16.0. The number of carbonyl (C=O) groups is 2. The van der Waals surface area contributed by atoms with Crippen molar-refractivity contribution in [3.05, 3.63) is 18.2 Å². The second-order valence-corrected chi connectivity index (χ2v) is 6.03. The number of hydrogen-bond acceptors (Lipinski definition) is 4. The molecule has 0 aliphatic heterocycles. The summed E-state index contributed by atoms with van der Waals surface area (Å²) in [5.41, 5.74) is 0.130. The number of benzene rings is 1. The van der Waals surface area contributed by atoms with Crippen LogP contribution in [0.2, 0.25) is 0 Å². The largest absolute Gasteiger partial charge is 0.508 e. The predicted molar refractivity (Wildman–Crippen MR) is 85.1 cm³/mol. The standard InChI is InChI=1S/C15H20BrNO4/c1-10(18)7-15(3,8-16)9-21-14-6-12(20)4-5-13(14)17-11(2)19/h4-6,20H,7-9H2,1-3H3,(H,17,19)/t15-/m0/s1. The van der Waals surface area contributed by atoms with Gasteiger partial charge in [-0.15, -0.1) is 0 Å². The summed E-state index contributed by atoms with van der Waals surface area (Å²) in [7, 11) is 0. The fourth-order valence-electron chi connectivity index (χ4n) is 1.91. The van der Waals surface area contributed by atoms with Crippen LogP contribution in [-0.4, -0.2) is 28.7 Å². The minimum absolute atomic E-state index is 0.0474. The zero-order valence-electron chi connectivity index (χ0n) is 12.4. The minimum Gasteiger partial charge on any atom is -0.508 e. The van der Waals surface area contributed by atoms with Crippen LogP contribution in [0.3, 0.4) is 0 Å². The molecule has 6 heteroatoms. The number of hydrogen-bond donors (Lipinski definition) is 2. The molecule has 1 aromatic rings. The normalized spacial score (nSPS) is 13.3. The third kappa shape index (κ3) is 5.75. The number of aromatic hydroxyl groups is 1. The van der Waals surface area contributed by atoms with Crippen LogP contribution in [0.5, 0.6) is 11.5 Å². The van der Waals surface area contributed by atoms with Crippen LogP contribution in [0, 0.1) is 5.41 Å². The second kappa shape index (κ2) is 7.45. The molecule has 0 aliphatic rings. The van der Waals surface area contributed by atoms with Gasteiger partial charge in [0, 0.05) is 30.2 Å². The summed E-state index contributed by atoms with van der Waals surface area (Å²) in [6, 6.07) is 4.48. The van der Waals surface area contributed by atoms with E-state index in [0.29, 0.717) is 23.2 Å². The first-order valence-corrected chi connectivity index (χ1v) is 7.67. The van der Waals surface area contributed by atoms with Crippen molar-refractivity contribution >= 4 is 33.3 Å². The third-order valence-corrected chi connectivity index (χ3v) is 4.20. The highest BCUT2D eigenvalue weighted by molar-refractivity contribution is 9.09. The molecule has 0 saturated heterocycles. The molecule has 5 nitrogen and oxygen atoms in total. The molecule has 116 valence electrons. The average molecular weight is 358 g/mol. The highest BCUT2D eigenvalue weighted by Crippen LogP contribution is 2.32. The van der Waals surface area contributed by atoms with E-state index in [0.717, 1.165) is 0 Å². The summed E-state index contributed by atoms with van der Waals surface area (Å²) >= 11 is 3.40. The van der Waals surface area contributed by atoms with Gasteiger partial charge in [-0.2, -0.15) is 0 Å². The smallest absolute Gasteiger partial charge is 0.221 e. The molecule has 0 radical (unpaired) electrons. The highest BCUT2D eigenvalue weighted by Gasteiger charge is 2.26. The Hall–Kier alpha value is -1.56. The third-order valence-electron chi connectivity index (χ3n) is 2.85. The number of ether oxygens (including phenoxy) is 1. The van der Waals surface area contributed by atoms with E-state index < -0.39 is 0 Å². The summed E-state index contributed by atoms with van der Waals surface area (Å²) in [5, 5.41) is 12.8. The molecule has 1 atom stereocenters. The van der Waals surface area contributed by atoms with Crippen molar-refractivity contribution in [1.82, 2.24) is 0 Å². The summed E-state index contributed by atoms with van der Waals surface area (Å²) < 4.78 is 5.72. The zero-order valence-corrected chi connectivity index (χ0v) is 14.0. The predicted octanol–water partition coefficient (Wildman–Crippen LogP) is 3.11. The Balaban J connectivity index is 2.88. The Morgan fingerprint density at radius 1 is 1.38 bits per heavy atom. The Kier molecular flexibility index (Phi) is 6.20. The van der Waals surface area contributed by atoms with Gasteiger partial charge in [0.15, 0.2) is 0 Å². The first-order valence-electron chi connectivity index (χ1n) is 6.54. The van der Waals surface area contributed by atoms with Crippen molar-refractivity contribution < 1.29 is 19.4 Å². The fraction of sp³-hybridized carbons (Fsp3) is 0.467. The van der Waals surface area contributed by atoms with Crippen LogP contribution < -0.4 is 10.1 Å². The molecule has 0 aromatic heterocycles. The first-order chi connectivity index (χ1) is 9.75. The number of carbonyl (C=O) groups excluding carboxylic acids is 2. The summed E-state index contributed by atoms with van der Waals surface area (Å²) in [4.78, 5) is 22.5. The van der Waals surface area contributed by atoms with Crippen LogP contribution >= 0.6 is 15.9 Å². The molecule has 0 spiro atoms. The number of rotatable bonds is 7. The lowest BCUT2D eigenvalue weighted by molar-refractivity contribution is -0.119. The van der Waals surface area contributed by atoms with E-state index in [2.05, 4.69) is 21.2 Å². The van der Waals surface area contributed by atoms with Gasteiger partial charge in [0.1, 0.15) is 17.3 Å². The number of anilines is 1. The van der Waals surface area contributed by atoms with E-state index in [-0.39, 0.29) is 29.5 Å². The van der Waals surface area contributed by atoms with Crippen LogP contribution in [0.1, 0.15) is 27.2 Å². The number of phenols is 1. The van der Waals surface area contributed by atoms with Gasteiger partial charge < -0.3 is 20.0 Å². The van der Waals surface area contributed by atoms with Crippen molar-refractivity contribution in [1.29, 1.82) is 0 Å². The van der Waals surface area contributed by atoms with Gasteiger partial charge in [0.05, 0.1) is 12.3 Å². The molecule has 0 aliphatic carbocycles. The van der Waals surface area contributed by atoms with Gasteiger partial charge in [-0.3, -0.25) is 4.79 Å². The quantitative estimate of drug-likeness (QED) is 0.580. The number of Topliss-reactive ketones (excluding diaryl/α,β-unsaturated/α-hetero) is 1. The maximum absolute atomic E-state index is 11.3. The molecule has 1 amide bonds. The molecule has 21 heavy (non-hydrogen) atoms. The number of phenolic OH excluding ortho intramolecular Hbond substituents is 1. The molecule has 0 fully saturated rings. The van der Waals surface area contributed by atoms with Gasteiger partial charge in [-0.05, 0) is 19.1 Å². The number of amides is 1. The van der Waals surface area contributed by atoms with E-state index in [9.17, 15) is 14.7 Å². The van der Waals surface area contributed by atoms with Crippen LogP contribution in [0.25, 0.3) is 0 Å². The number of halogens is 1. The van der Waals surface area contributed by atoms with E-state index >= 15 is 0 Å². The fourth-order valence-corrected chi connectivity index (χ4v) is 2.27. The number of alkyl halides is 1. The second-order valence-electron chi connectivity index (χ2n) is 5.47. The lowest BCUT2D eigenvalue weighted by Gasteiger charge is -2.26. The van der Waals surface area contributed by atoms with E-state index in [4.69, 9.17) is 4.74 Å². The van der Waals surface area contributed by atoms with E-state index in [1.165, 1.54) is 26.0 Å². The van der Waals surface area contributed by atoms with Crippen LogP contribution in [0.4, 0.5) is 5.69 Å². The van der Waals surface area contributed by atoms with Gasteiger partial charge in [-0.1, -0.05) is 22.9 Å². The van der Waals surface area contributed by atoms with E-state index in [1.54, 1.807) is 6.07 Å². The Morgan fingerprint density at radius 3 is 2.57 bits per heavy atom. The number of nitrogens with one attached hydrogen (secondary N) is 1. The van der Waals surface area contributed by atoms with Gasteiger partial charge in [-0.25, -0.2) is 0 Å². The van der Waals surface area contributed by atoms with E-state index in [1.807, 2.05) is 6.92 Å². The first kappa shape index (κ1) is 17.5. The molecular weight excluding hydrogens is 338 g/mol. The van der Waals surface area contributed by atoms with Gasteiger partial charge in [0.2, 0.25) is 5.91 Å². The average Bonchev–Trinajstić information content (AvgIpc) is 2.38. The molecule has 0 heterocycles. The van der Waals surface area contributed by atoms with Gasteiger partial charge in [0.25, 0.3) is 0 Å². The topological polar surface area (TPSA) is 75.6 Å². The molecule has 0 saturated carbocycles. The summed E-state index contributed by atoms with van der Waals surface area (Å²) in [6.07, 6.45) is 0.381. The Bertz CT molecular complexity index is 532. The van der Waals surface area contributed by atoms with Crippen LogP contribution in [0.15, 0.2) is 18.2 Å². The summed E-state index contributed by atoms with van der Waals surface area (Å²) in [6.45, 7) is 5.16. The molecule has 1 rings (SSSR count). The Morgan fingerprint density at radius 2 is 2.05 bits per heavy atom. The van der Waals surface area contributed by atoms with Crippen molar-refractivity contribution in [3.8, 4) is 11.5 Å². The SMILES string of the molecule is CC(=O)C[C@@](C)(CBr)COc1cc(O)ccc1NC(C)=O. The maximum Gasteiger partial charge on any atom is 0.221 e. The number of ketones is 1.